The molecule has 1 rings (SSSR count). The predicted molar refractivity (Wildman–Crippen MR) is 43.9 cm³/mol. The molecule has 0 spiro atoms. The summed E-state index contributed by atoms with van der Waals surface area (Å²) >= 11 is 0. The summed E-state index contributed by atoms with van der Waals surface area (Å²) in [5.74, 6) is -1.31. The van der Waals surface area contributed by atoms with Crippen molar-refractivity contribution in [1.29, 1.82) is 0 Å². The standard InChI is InChI=1S/C8H9BF3.K/c1-7(9(10,11)12)8-5-3-2-4-6-8;/h2-7H,1H3;/q-1;+1/t7-;/m1./s1. The van der Waals surface area contributed by atoms with E-state index in [-0.39, 0.29) is 51.4 Å². The van der Waals surface area contributed by atoms with Crippen LogP contribution in [0, 0.1) is 0 Å². The maximum absolute atomic E-state index is 12.2. The van der Waals surface area contributed by atoms with Gasteiger partial charge in [-0.05, 0) is 0 Å². The second kappa shape index (κ2) is 5.56. The van der Waals surface area contributed by atoms with Crippen LogP contribution in [-0.2, 0) is 0 Å². The van der Waals surface area contributed by atoms with Gasteiger partial charge in [0.15, 0.2) is 0 Å². The smallest absolute Gasteiger partial charge is 0.448 e. The van der Waals surface area contributed by atoms with Gasteiger partial charge < -0.3 is 12.9 Å². The third kappa shape index (κ3) is 4.17. The summed E-state index contributed by atoms with van der Waals surface area (Å²) in [6.07, 6.45) is 0. The third-order valence-electron chi connectivity index (χ3n) is 1.89. The van der Waals surface area contributed by atoms with E-state index in [0.717, 1.165) is 0 Å². The molecule has 13 heavy (non-hydrogen) atoms. The van der Waals surface area contributed by atoms with Crippen molar-refractivity contribution in [3.63, 3.8) is 0 Å². The molecule has 66 valence electrons. The van der Waals surface area contributed by atoms with Gasteiger partial charge in [0.05, 0.1) is 0 Å². The molecule has 0 radical (unpaired) electrons. The molecule has 0 saturated carbocycles. The van der Waals surface area contributed by atoms with Gasteiger partial charge in [-0.15, -0.1) is 0 Å². The van der Waals surface area contributed by atoms with E-state index >= 15 is 0 Å². The fraction of sp³-hybridized carbons (Fsp3) is 0.250. The van der Waals surface area contributed by atoms with E-state index in [1.807, 2.05) is 0 Å². The van der Waals surface area contributed by atoms with E-state index in [1.165, 1.54) is 19.1 Å². The number of rotatable bonds is 2. The molecule has 5 heteroatoms. The molecule has 0 unspecified atom stereocenters. The average molecular weight is 212 g/mol. The molecule has 0 bridgehead atoms. The van der Waals surface area contributed by atoms with Crippen LogP contribution in [0.4, 0.5) is 12.9 Å². The molecule has 1 aromatic rings. The van der Waals surface area contributed by atoms with Crippen LogP contribution >= 0.6 is 0 Å². The first-order valence-corrected chi connectivity index (χ1v) is 3.76. The zero-order valence-electron chi connectivity index (χ0n) is 7.68. The Morgan fingerprint density at radius 2 is 1.54 bits per heavy atom. The van der Waals surface area contributed by atoms with Gasteiger partial charge in [0.25, 0.3) is 0 Å². The van der Waals surface area contributed by atoms with Crippen LogP contribution in [0.15, 0.2) is 30.3 Å². The summed E-state index contributed by atoms with van der Waals surface area (Å²) in [6, 6.07) is 7.95. The summed E-state index contributed by atoms with van der Waals surface area (Å²) < 4.78 is 36.6. The van der Waals surface area contributed by atoms with Crippen molar-refractivity contribution >= 4 is 6.98 Å². The van der Waals surface area contributed by atoms with Crippen LogP contribution in [0.25, 0.3) is 0 Å². The number of benzene rings is 1. The van der Waals surface area contributed by atoms with Gasteiger partial charge in [-0.2, -0.15) is 0 Å². The summed E-state index contributed by atoms with van der Waals surface area (Å²) in [5, 5.41) is 0. The van der Waals surface area contributed by atoms with Crippen molar-refractivity contribution in [2.45, 2.75) is 12.7 Å². The minimum absolute atomic E-state index is 0. The van der Waals surface area contributed by atoms with Crippen LogP contribution in [0.1, 0.15) is 18.3 Å². The summed E-state index contributed by atoms with van der Waals surface area (Å²) in [4.78, 5) is 0. The summed E-state index contributed by atoms with van der Waals surface area (Å²) in [5.41, 5.74) is 0.338. The molecule has 0 N–H and O–H groups in total. The van der Waals surface area contributed by atoms with Crippen molar-refractivity contribution in [2.24, 2.45) is 0 Å². The van der Waals surface area contributed by atoms with Gasteiger partial charge >= 0.3 is 58.4 Å². The van der Waals surface area contributed by atoms with Gasteiger partial charge in [0, 0.05) is 0 Å². The molecule has 0 amide bonds. The van der Waals surface area contributed by atoms with Crippen LogP contribution in [0.3, 0.4) is 0 Å². The Morgan fingerprint density at radius 1 is 1.08 bits per heavy atom. The molecule has 0 heterocycles. The zero-order chi connectivity index (χ0) is 9.19. The molecule has 1 aromatic carbocycles. The van der Waals surface area contributed by atoms with Gasteiger partial charge in [-0.1, -0.05) is 48.6 Å². The normalized spacial score (nSPS) is 13.2. The van der Waals surface area contributed by atoms with Crippen molar-refractivity contribution < 1.29 is 64.3 Å². The van der Waals surface area contributed by atoms with E-state index in [4.69, 9.17) is 0 Å². The number of hydrogen-bond donors (Lipinski definition) is 0. The van der Waals surface area contributed by atoms with E-state index in [9.17, 15) is 12.9 Å². The molecule has 0 nitrogen and oxygen atoms in total. The summed E-state index contributed by atoms with van der Waals surface area (Å²) in [7, 11) is 0. The SMILES string of the molecule is C[C@H](c1ccccc1)[B-](F)(F)F.[K+]. The Bertz CT molecular complexity index is 247. The quantitative estimate of drug-likeness (QED) is 0.613. The van der Waals surface area contributed by atoms with Gasteiger partial charge in [-0.25, -0.2) is 0 Å². The fourth-order valence-corrected chi connectivity index (χ4v) is 0.975. The Hall–Kier alpha value is 0.711. The average Bonchev–Trinajstić information content (AvgIpc) is 2.03. The van der Waals surface area contributed by atoms with Crippen molar-refractivity contribution in [2.75, 3.05) is 0 Å². The van der Waals surface area contributed by atoms with Gasteiger partial charge in [0.1, 0.15) is 0 Å². The van der Waals surface area contributed by atoms with Crippen LogP contribution in [-0.4, -0.2) is 6.98 Å². The topological polar surface area (TPSA) is 0 Å². The van der Waals surface area contributed by atoms with E-state index in [1.54, 1.807) is 18.2 Å². The molecule has 0 aliphatic carbocycles. The van der Waals surface area contributed by atoms with Crippen molar-refractivity contribution in [3.05, 3.63) is 35.9 Å². The number of halogens is 3. The second-order valence-electron chi connectivity index (χ2n) is 2.82. The first kappa shape index (κ1) is 13.7. The minimum Gasteiger partial charge on any atom is -0.448 e. The minimum atomic E-state index is -4.75. The van der Waals surface area contributed by atoms with Crippen molar-refractivity contribution in [3.8, 4) is 0 Å². The molecule has 0 fully saturated rings. The molecule has 0 aliphatic heterocycles. The Morgan fingerprint density at radius 3 is 1.92 bits per heavy atom. The predicted octanol–water partition coefficient (Wildman–Crippen LogP) is 0.181. The monoisotopic (exact) mass is 212 g/mol. The van der Waals surface area contributed by atoms with Gasteiger partial charge in [0.2, 0.25) is 0 Å². The maximum atomic E-state index is 12.2. The zero-order valence-corrected chi connectivity index (χ0v) is 10.8. The summed E-state index contributed by atoms with van der Waals surface area (Å²) in [6.45, 7) is -3.56. The van der Waals surface area contributed by atoms with Crippen LogP contribution in [0.5, 0.6) is 0 Å². The Kier molecular flexibility index (Phi) is 5.86. The second-order valence-corrected chi connectivity index (χ2v) is 2.82. The van der Waals surface area contributed by atoms with E-state index in [2.05, 4.69) is 0 Å². The van der Waals surface area contributed by atoms with Crippen molar-refractivity contribution in [1.82, 2.24) is 0 Å². The Labute approximate surface area is 118 Å². The first-order chi connectivity index (χ1) is 5.52. The van der Waals surface area contributed by atoms with Gasteiger partial charge in [-0.3, -0.25) is 0 Å². The molecule has 0 aliphatic rings. The molecule has 0 aromatic heterocycles. The first-order valence-electron chi connectivity index (χ1n) is 3.76. The van der Waals surface area contributed by atoms with E-state index < -0.39 is 12.8 Å². The maximum Gasteiger partial charge on any atom is 1.00 e. The third-order valence-corrected chi connectivity index (χ3v) is 1.89. The molecule has 0 saturated heterocycles. The largest absolute Gasteiger partial charge is 1.00 e. The van der Waals surface area contributed by atoms with E-state index in [0.29, 0.717) is 5.56 Å². The Balaban J connectivity index is 0.00000144. The molecule has 1 atom stereocenters. The van der Waals surface area contributed by atoms with Crippen LogP contribution < -0.4 is 51.4 Å². The van der Waals surface area contributed by atoms with Crippen LogP contribution in [0.2, 0.25) is 0 Å². The number of hydrogen-bond acceptors (Lipinski definition) is 0. The fourth-order valence-electron chi connectivity index (χ4n) is 0.975. The molecular weight excluding hydrogens is 203 g/mol. The molecular formula is C8H9BF3K.